The molecule has 37 heavy (non-hydrogen) atoms. The van der Waals surface area contributed by atoms with Gasteiger partial charge in [-0.3, -0.25) is 29.0 Å². The molecule has 0 aliphatic heterocycles. The van der Waals surface area contributed by atoms with E-state index in [1.54, 1.807) is 6.33 Å². The molecule has 2 heterocycles. The number of anilines is 1. The summed E-state index contributed by atoms with van der Waals surface area (Å²) in [6, 6.07) is 10.0. The Labute approximate surface area is 210 Å². The molecule has 1 aromatic carbocycles. The van der Waals surface area contributed by atoms with Crippen LogP contribution in [0, 0.1) is 0 Å². The first kappa shape index (κ1) is 28.6. The summed E-state index contributed by atoms with van der Waals surface area (Å²) in [5.41, 5.74) is 8.29. The molecule has 0 atom stereocenters. The number of aromatic amines is 1. The predicted octanol–water partition coefficient (Wildman–Crippen LogP) is -0.545. The Balaban J connectivity index is 0.000000262. The number of hydrogen-bond donors (Lipinski definition) is 6. The van der Waals surface area contributed by atoms with Crippen LogP contribution in [-0.2, 0) is 25.6 Å². The van der Waals surface area contributed by atoms with Crippen molar-refractivity contribution in [1.29, 1.82) is 0 Å². The molecule has 0 bridgehead atoms. The first-order valence-corrected chi connectivity index (χ1v) is 10.8. The number of aliphatic carboxylic acids is 4. The fraction of sp³-hybridized carbons (Fsp3) is 0.318. The number of benzene rings is 1. The van der Waals surface area contributed by atoms with E-state index in [0.29, 0.717) is 29.2 Å². The molecule has 0 aliphatic carbocycles. The summed E-state index contributed by atoms with van der Waals surface area (Å²) in [6.45, 7) is -2.25. The quantitative estimate of drug-likeness (QED) is 0.167. The number of rotatable bonds is 13. The number of nitrogen functional groups attached to an aromatic ring is 1. The van der Waals surface area contributed by atoms with Gasteiger partial charge >= 0.3 is 23.9 Å². The van der Waals surface area contributed by atoms with Crippen molar-refractivity contribution in [3.8, 4) is 0 Å². The minimum absolute atomic E-state index is 0.0703. The van der Waals surface area contributed by atoms with Crippen molar-refractivity contribution in [2.24, 2.45) is 0 Å². The number of nitrogens with zero attached hydrogens (tertiary/aromatic N) is 5. The van der Waals surface area contributed by atoms with Gasteiger partial charge in [0.25, 0.3) is 0 Å². The summed E-state index contributed by atoms with van der Waals surface area (Å²) in [6.07, 6.45) is 2.24. The molecular formula is C22H27N7O8. The van der Waals surface area contributed by atoms with Crippen LogP contribution >= 0.6 is 0 Å². The summed E-state index contributed by atoms with van der Waals surface area (Å²) in [5, 5.41) is 34.5. The van der Waals surface area contributed by atoms with Gasteiger partial charge in [0.2, 0.25) is 0 Å². The zero-order valence-corrected chi connectivity index (χ0v) is 19.6. The number of H-pyrrole nitrogens is 1. The number of aromatic nitrogens is 4. The fourth-order valence-electron chi connectivity index (χ4n) is 3.24. The van der Waals surface area contributed by atoms with E-state index in [1.165, 1.54) is 0 Å². The topological polar surface area (TPSA) is 236 Å². The number of carbonyl (C=O) groups is 4. The van der Waals surface area contributed by atoms with Gasteiger partial charge in [0, 0.05) is 19.5 Å². The number of nitrogens with one attached hydrogen (secondary N) is 1. The van der Waals surface area contributed by atoms with Crippen molar-refractivity contribution >= 4 is 40.9 Å². The highest BCUT2D eigenvalue weighted by atomic mass is 16.4. The molecule has 0 saturated carbocycles. The number of nitrogens with two attached hydrogens (primary N) is 1. The van der Waals surface area contributed by atoms with Gasteiger partial charge in [-0.1, -0.05) is 30.3 Å². The lowest BCUT2D eigenvalue weighted by Crippen LogP contribution is -2.43. The molecule has 7 N–H and O–H groups in total. The highest BCUT2D eigenvalue weighted by molar-refractivity contribution is 5.80. The highest BCUT2D eigenvalue weighted by Gasteiger charge is 2.18. The Kier molecular flexibility index (Phi) is 10.9. The lowest BCUT2D eigenvalue weighted by molar-refractivity contribution is -0.145. The molecule has 2 aromatic heterocycles. The predicted molar refractivity (Wildman–Crippen MR) is 129 cm³/mol. The van der Waals surface area contributed by atoms with Crippen LogP contribution in [0.15, 0.2) is 36.7 Å². The van der Waals surface area contributed by atoms with Crippen LogP contribution in [0.2, 0.25) is 0 Å². The van der Waals surface area contributed by atoms with Gasteiger partial charge in [0.05, 0.1) is 32.5 Å². The second-order valence-corrected chi connectivity index (χ2v) is 7.78. The number of imidazole rings is 1. The monoisotopic (exact) mass is 517 g/mol. The Bertz CT molecular complexity index is 1150. The molecule has 15 nitrogen and oxygen atoms in total. The largest absolute Gasteiger partial charge is 0.480 e. The van der Waals surface area contributed by atoms with Crippen LogP contribution in [0.5, 0.6) is 0 Å². The normalized spacial score (nSPS) is 10.8. The van der Waals surface area contributed by atoms with Gasteiger partial charge in [0.15, 0.2) is 11.5 Å². The number of carboxylic acid groups (broad SMARTS) is 4. The SMILES string of the molecule is Nc1nc(Cc2ccccc2)nc2[nH]cnc12.O=C(O)CN(CCN(CC(=O)O)CC(=O)O)CC(=O)O. The zero-order chi connectivity index (χ0) is 27.4. The summed E-state index contributed by atoms with van der Waals surface area (Å²) < 4.78 is 0. The van der Waals surface area contributed by atoms with E-state index < -0.39 is 50.1 Å². The Morgan fingerprint density at radius 3 is 1.73 bits per heavy atom. The van der Waals surface area contributed by atoms with Gasteiger partial charge in [-0.15, -0.1) is 0 Å². The van der Waals surface area contributed by atoms with Crippen LogP contribution in [0.3, 0.4) is 0 Å². The smallest absolute Gasteiger partial charge is 0.317 e. The van der Waals surface area contributed by atoms with Gasteiger partial charge < -0.3 is 31.1 Å². The Morgan fingerprint density at radius 2 is 1.27 bits per heavy atom. The van der Waals surface area contributed by atoms with Gasteiger partial charge in [0.1, 0.15) is 11.3 Å². The van der Waals surface area contributed by atoms with Crippen LogP contribution in [-0.4, -0.2) is 113 Å². The zero-order valence-electron chi connectivity index (χ0n) is 19.6. The maximum Gasteiger partial charge on any atom is 0.317 e. The summed E-state index contributed by atoms with van der Waals surface area (Å²) in [7, 11) is 0. The molecule has 0 unspecified atom stereocenters. The molecular weight excluding hydrogens is 490 g/mol. The van der Waals surface area contributed by atoms with Crippen molar-refractivity contribution in [3.63, 3.8) is 0 Å². The van der Waals surface area contributed by atoms with E-state index in [9.17, 15) is 19.2 Å². The molecule has 0 spiro atoms. The van der Waals surface area contributed by atoms with E-state index in [-0.39, 0.29) is 13.1 Å². The number of carboxylic acids is 4. The maximum absolute atomic E-state index is 10.6. The number of fused-ring (bicyclic) bond motifs is 1. The van der Waals surface area contributed by atoms with Crippen LogP contribution in [0.25, 0.3) is 11.2 Å². The van der Waals surface area contributed by atoms with E-state index >= 15 is 0 Å². The van der Waals surface area contributed by atoms with Crippen molar-refractivity contribution in [2.45, 2.75) is 6.42 Å². The Hall–Kier alpha value is -4.63. The molecule has 0 amide bonds. The average Bonchev–Trinajstić information content (AvgIpc) is 3.26. The first-order valence-electron chi connectivity index (χ1n) is 10.8. The molecule has 0 aliphatic rings. The van der Waals surface area contributed by atoms with Crippen LogP contribution in [0.1, 0.15) is 11.4 Å². The lowest BCUT2D eigenvalue weighted by Gasteiger charge is -2.23. The average molecular weight is 517 g/mol. The summed E-state index contributed by atoms with van der Waals surface area (Å²) >= 11 is 0. The third-order valence-corrected chi connectivity index (χ3v) is 4.73. The molecule has 0 saturated heterocycles. The minimum Gasteiger partial charge on any atom is -0.480 e. The van der Waals surface area contributed by atoms with Crippen LogP contribution < -0.4 is 5.73 Å². The van der Waals surface area contributed by atoms with E-state index in [4.69, 9.17) is 26.2 Å². The van der Waals surface area contributed by atoms with Crippen molar-refractivity contribution < 1.29 is 39.6 Å². The highest BCUT2D eigenvalue weighted by Crippen LogP contribution is 2.14. The summed E-state index contributed by atoms with van der Waals surface area (Å²) in [5.74, 6) is -3.79. The van der Waals surface area contributed by atoms with Crippen molar-refractivity contribution in [1.82, 2.24) is 29.7 Å². The minimum atomic E-state index is -1.23. The third kappa shape index (κ3) is 10.7. The second kappa shape index (κ2) is 14.1. The van der Waals surface area contributed by atoms with E-state index in [1.807, 2.05) is 30.3 Å². The second-order valence-electron chi connectivity index (χ2n) is 7.78. The van der Waals surface area contributed by atoms with Crippen molar-refractivity contribution in [3.05, 3.63) is 48.0 Å². The molecule has 0 radical (unpaired) electrons. The standard InChI is InChI=1S/C12H11N5.C10H16N2O8/c13-11-10-12(15-7-14-10)17-9(16-11)6-8-4-2-1-3-5-8;13-7(14)3-11(4-8(15)16)1-2-12(5-9(17)18)6-10(19)20/h1-5,7H,6H2,(H3,13,14,15,16,17);1-6H2,(H,13,14)(H,15,16)(H,17,18)(H,19,20). The van der Waals surface area contributed by atoms with E-state index in [0.717, 1.165) is 15.4 Å². The number of hydrogen-bond acceptors (Lipinski definition) is 10. The van der Waals surface area contributed by atoms with E-state index in [2.05, 4.69) is 19.9 Å². The molecule has 198 valence electrons. The van der Waals surface area contributed by atoms with Crippen molar-refractivity contribution in [2.75, 3.05) is 45.0 Å². The maximum atomic E-state index is 10.6. The molecule has 15 heteroatoms. The lowest BCUT2D eigenvalue weighted by atomic mass is 10.1. The van der Waals surface area contributed by atoms with Gasteiger partial charge in [-0.05, 0) is 5.56 Å². The fourth-order valence-corrected chi connectivity index (χ4v) is 3.24. The summed E-state index contributed by atoms with van der Waals surface area (Å²) in [4.78, 5) is 60.0. The van der Waals surface area contributed by atoms with Gasteiger partial charge in [-0.2, -0.15) is 0 Å². The van der Waals surface area contributed by atoms with Crippen LogP contribution in [0.4, 0.5) is 5.82 Å². The molecule has 3 rings (SSSR count). The van der Waals surface area contributed by atoms with Gasteiger partial charge in [-0.25, -0.2) is 15.0 Å². The molecule has 3 aromatic rings. The first-order chi connectivity index (χ1) is 17.5. The molecule has 0 fully saturated rings. The Morgan fingerprint density at radius 1 is 0.784 bits per heavy atom. The third-order valence-electron chi connectivity index (χ3n) is 4.73.